The van der Waals surface area contributed by atoms with E-state index >= 15 is 0 Å². The monoisotopic (exact) mass is 576 g/mol. The van der Waals surface area contributed by atoms with Crippen LogP contribution in [0.5, 0.6) is 0 Å². The van der Waals surface area contributed by atoms with Gasteiger partial charge in [0.05, 0.1) is 4.92 Å². The second-order valence-corrected chi connectivity index (χ2v) is 11.7. The van der Waals surface area contributed by atoms with Gasteiger partial charge in [-0.25, -0.2) is 4.39 Å². The fourth-order valence-corrected chi connectivity index (χ4v) is 6.23. The molecule has 4 aromatic carbocycles. The first kappa shape index (κ1) is 30.2. The van der Waals surface area contributed by atoms with Crippen LogP contribution in [0.3, 0.4) is 0 Å². The van der Waals surface area contributed by atoms with Crippen molar-refractivity contribution in [2.24, 2.45) is 5.92 Å². The molecule has 4 aromatic rings. The Hall–Kier alpha value is -4.25. The quantitative estimate of drug-likeness (QED) is 0.0903. The minimum Gasteiger partial charge on any atom is -0.366 e. The molecule has 0 N–H and O–H groups in total. The van der Waals surface area contributed by atoms with E-state index in [2.05, 4.69) is 29.2 Å². The fourth-order valence-electron chi connectivity index (χ4n) is 6.23. The summed E-state index contributed by atoms with van der Waals surface area (Å²) in [6, 6.07) is 30.5. The van der Waals surface area contributed by atoms with E-state index in [1.54, 1.807) is 18.2 Å². The van der Waals surface area contributed by atoms with Crippen molar-refractivity contribution in [1.82, 2.24) is 0 Å². The van der Waals surface area contributed by atoms with Crippen LogP contribution < -0.4 is 4.90 Å². The molecule has 0 aromatic heterocycles. The number of nitrogens with zero attached hydrogens (tertiary/aromatic N) is 2. The van der Waals surface area contributed by atoms with Crippen LogP contribution in [0.1, 0.15) is 68.1 Å². The molecule has 5 rings (SSSR count). The van der Waals surface area contributed by atoms with Crippen molar-refractivity contribution < 1.29 is 9.31 Å². The molecule has 1 aliphatic carbocycles. The maximum absolute atomic E-state index is 13.4. The van der Waals surface area contributed by atoms with Gasteiger partial charge in [0.2, 0.25) is 0 Å². The minimum atomic E-state index is -0.260. The molecule has 0 bridgehead atoms. The molecule has 5 heteroatoms. The van der Waals surface area contributed by atoms with Crippen LogP contribution >= 0.6 is 0 Å². The van der Waals surface area contributed by atoms with E-state index in [1.165, 1.54) is 56.2 Å². The van der Waals surface area contributed by atoms with Crippen molar-refractivity contribution in [2.45, 2.75) is 57.8 Å². The first-order chi connectivity index (χ1) is 21.0. The maximum Gasteiger partial charge on any atom is 0.293 e. The molecular formula is C38H41FN2O2. The summed E-state index contributed by atoms with van der Waals surface area (Å²) in [5.41, 5.74) is 5.84. The van der Waals surface area contributed by atoms with Gasteiger partial charge in [0, 0.05) is 19.2 Å². The average molecular weight is 577 g/mol. The highest BCUT2D eigenvalue weighted by Crippen LogP contribution is 2.32. The first-order valence-corrected chi connectivity index (χ1v) is 15.7. The van der Waals surface area contributed by atoms with Crippen molar-refractivity contribution in [1.29, 1.82) is 0 Å². The topological polar surface area (TPSA) is 46.4 Å². The van der Waals surface area contributed by atoms with E-state index in [0.717, 1.165) is 60.5 Å². The van der Waals surface area contributed by atoms with Gasteiger partial charge < -0.3 is 4.90 Å². The largest absolute Gasteiger partial charge is 0.366 e. The third kappa shape index (κ3) is 8.87. The van der Waals surface area contributed by atoms with Crippen molar-refractivity contribution >= 4 is 23.5 Å². The Balaban J connectivity index is 1.32. The van der Waals surface area contributed by atoms with Gasteiger partial charge in [-0.15, -0.1) is 0 Å². The Labute approximate surface area is 255 Å². The van der Waals surface area contributed by atoms with E-state index in [9.17, 15) is 14.5 Å². The fraction of sp³-hybridized carbons (Fsp3) is 0.316. The molecule has 0 amide bonds. The van der Waals surface area contributed by atoms with Gasteiger partial charge in [-0.3, -0.25) is 10.1 Å². The van der Waals surface area contributed by atoms with Gasteiger partial charge in [-0.05, 0) is 83.7 Å². The Morgan fingerprint density at radius 2 is 1.49 bits per heavy atom. The van der Waals surface area contributed by atoms with Crippen LogP contribution in [0.15, 0.2) is 97.1 Å². The number of hydrogen-bond acceptors (Lipinski definition) is 3. The summed E-state index contributed by atoms with van der Waals surface area (Å²) >= 11 is 0. The van der Waals surface area contributed by atoms with Crippen LogP contribution in [-0.2, 0) is 6.42 Å². The summed E-state index contributed by atoms with van der Waals surface area (Å²) in [7, 11) is 0. The Morgan fingerprint density at radius 1 is 0.767 bits per heavy atom. The molecule has 222 valence electrons. The molecule has 1 saturated carbocycles. The lowest BCUT2D eigenvalue weighted by molar-refractivity contribution is -0.384. The molecular weight excluding hydrogens is 535 g/mol. The molecule has 1 fully saturated rings. The molecule has 0 unspecified atom stereocenters. The van der Waals surface area contributed by atoms with E-state index in [-0.39, 0.29) is 16.4 Å². The number of halogens is 1. The van der Waals surface area contributed by atoms with Gasteiger partial charge in [-0.1, -0.05) is 111 Å². The van der Waals surface area contributed by atoms with Crippen molar-refractivity contribution in [3.05, 3.63) is 130 Å². The number of nitro groups is 1. The molecule has 0 heterocycles. The van der Waals surface area contributed by atoms with Gasteiger partial charge >= 0.3 is 0 Å². The molecule has 0 aliphatic heterocycles. The molecule has 43 heavy (non-hydrogen) atoms. The summed E-state index contributed by atoms with van der Waals surface area (Å²) in [5, 5.41) is 12.3. The molecule has 0 atom stereocenters. The zero-order valence-corrected chi connectivity index (χ0v) is 24.8. The van der Waals surface area contributed by atoms with E-state index < -0.39 is 0 Å². The molecule has 0 spiro atoms. The second kappa shape index (κ2) is 15.3. The number of anilines is 1. The second-order valence-electron chi connectivity index (χ2n) is 11.7. The zero-order valence-electron chi connectivity index (χ0n) is 24.8. The smallest absolute Gasteiger partial charge is 0.293 e. The lowest BCUT2D eigenvalue weighted by atomic mass is 9.86. The third-order valence-electron chi connectivity index (χ3n) is 8.57. The van der Waals surface area contributed by atoms with Crippen LogP contribution in [0.25, 0.3) is 23.3 Å². The number of hydrogen-bond donors (Lipinski definition) is 0. The summed E-state index contributed by atoms with van der Waals surface area (Å²) in [4.78, 5) is 14.3. The van der Waals surface area contributed by atoms with Gasteiger partial charge in [0.15, 0.2) is 0 Å². The highest BCUT2D eigenvalue weighted by atomic mass is 19.1. The number of nitro benzene ring substituents is 1. The van der Waals surface area contributed by atoms with Crippen LogP contribution in [-0.4, -0.2) is 18.0 Å². The van der Waals surface area contributed by atoms with Crippen LogP contribution in [0, 0.1) is 21.8 Å². The summed E-state index contributed by atoms with van der Waals surface area (Å²) in [6.07, 6.45) is 14.7. The predicted octanol–water partition coefficient (Wildman–Crippen LogP) is 10.4. The van der Waals surface area contributed by atoms with Crippen molar-refractivity contribution in [2.75, 3.05) is 18.0 Å². The standard InChI is InChI=1S/C38H41FN2O2/c39-36-23-21-34(22-24-36)35-17-7-14-32(28-35)18-19-33-20-25-37(38(29-33)41(42)43)40(26-8-15-30-10-3-1-4-11-30)27-9-16-31-12-5-2-6-13-31/h1,3-4,7,10-11,14,17-25,28-29,31H,2,5-6,8-9,12-13,15-16,26-27H2/b19-18+. The number of aryl methyl sites for hydroxylation is 1. The molecule has 0 saturated heterocycles. The molecule has 1 aliphatic rings. The van der Waals surface area contributed by atoms with E-state index in [1.807, 2.05) is 54.6 Å². The normalized spacial score (nSPS) is 13.8. The van der Waals surface area contributed by atoms with Gasteiger partial charge in [-0.2, -0.15) is 0 Å². The Kier molecular flexibility index (Phi) is 10.7. The van der Waals surface area contributed by atoms with Gasteiger partial charge in [0.1, 0.15) is 11.5 Å². The van der Waals surface area contributed by atoms with E-state index in [4.69, 9.17) is 0 Å². The Morgan fingerprint density at radius 3 is 2.23 bits per heavy atom. The molecule has 4 nitrogen and oxygen atoms in total. The minimum absolute atomic E-state index is 0.152. The highest BCUT2D eigenvalue weighted by molar-refractivity contribution is 5.76. The lowest BCUT2D eigenvalue weighted by Gasteiger charge is -2.27. The molecule has 0 radical (unpaired) electrons. The highest BCUT2D eigenvalue weighted by Gasteiger charge is 2.21. The summed E-state index contributed by atoms with van der Waals surface area (Å²) in [6.45, 7) is 1.61. The zero-order chi connectivity index (χ0) is 29.9. The maximum atomic E-state index is 13.4. The SMILES string of the molecule is O=[N+]([O-])c1cc(/C=C/c2cccc(-c3ccc(F)cc3)c2)ccc1N(CCCc1ccccc1)CCCC1CCCCC1. The average Bonchev–Trinajstić information content (AvgIpc) is 3.04. The first-order valence-electron chi connectivity index (χ1n) is 15.7. The van der Waals surface area contributed by atoms with Crippen LogP contribution in [0.4, 0.5) is 15.8 Å². The van der Waals surface area contributed by atoms with Crippen molar-refractivity contribution in [3.63, 3.8) is 0 Å². The van der Waals surface area contributed by atoms with Gasteiger partial charge in [0.25, 0.3) is 5.69 Å². The Bertz CT molecular complexity index is 1490. The van der Waals surface area contributed by atoms with Crippen molar-refractivity contribution in [3.8, 4) is 11.1 Å². The third-order valence-corrected chi connectivity index (χ3v) is 8.57. The summed E-state index contributed by atoms with van der Waals surface area (Å²) in [5.74, 6) is 0.535. The number of rotatable bonds is 13. The number of benzene rings is 4. The lowest BCUT2D eigenvalue weighted by Crippen LogP contribution is -2.27. The van der Waals surface area contributed by atoms with Crippen LogP contribution in [0.2, 0.25) is 0 Å². The summed E-state index contributed by atoms with van der Waals surface area (Å²) < 4.78 is 13.4. The predicted molar refractivity (Wildman–Crippen MR) is 177 cm³/mol. The van der Waals surface area contributed by atoms with E-state index in [0.29, 0.717) is 5.69 Å².